The minimum Gasteiger partial charge on any atom is -0.378 e. The molecule has 2 N–H and O–H groups in total. The zero-order valence-electron chi connectivity index (χ0n) is 15.6. The lowest BCUT2D eigenvalue weighted by Gasteiger charge is -2.36. The number of nitrogens with zero attached hydrogens (tertiary/aromatic N) is 2. The number of anilines is 1. The molecular weight excluding hydrogens is 427 g/mol. The van der Waals surface area contributed by atoms with Crippen LogP contribution in [0, 0.1) is 0 Å². The van der Waals surface area contributed by atoms with Crippen molar-refractivity contribution in [1.82, 2.24) is 15.5 Å². The second kappa shape index (κ2) is 12.3. The van der Waals surface area contributed by atoms with Crippen LogP contribution in [0.4, 0.5) is 5.69 Å². The van der Waals surface area contributed by atoms with E-state index in [1.54, 1.807) is 4.90 Å². The van der Waals surface area contributed by atoms with Gasteiger partial charge in [0.05, 0.1) is 19.8 Å². The van der Waals surface area contributed by atoms with Crippen molar-refractivity contribution in [2.24, 2.45) is 0 Å². The van der Waals surface area contributed by atoms with Gasteiger partial charge in [-0.15, -0.1) is 24.8 Å². The molecule has 0 aromatic heterocycles. The van der Waals surface area contributed by atoms with Gasteiger partial charge >= 0.3 is 0 Å². The molecule has 2 heterocycles. The second-order valence-corrected chi connectivity index (χ2v) is 6.99. The highest BCUT2D eigenvalue weighted by molar-refractivity contribution is 6.30. The van der Waals surface area contributed by atoms with Gasteiger partial charge in [0.15, 0.2) is 0 Å². The predicted molar refractivity (Wildman–Crippen MR) is 115 cm³/mol. The number of carbonyl (C=O) groups is 2. The number of ether oxygens (including phenoxy) is 1. The molecule has 1 atom stereocenters. The molecule has 1 aromatic rings. The van der Waals surface area contributed by atoms with Crippen molar-refractivity contribution in [3.63, 3.8) is 0 Å². The molecule has 10 heteroatoms. The summed E-state index contributed by atoms with van der Waals surface area (Å²) < 4.78 is 5.33. The van der Waals surface area contributed by atoms with E-state index < -0.39 is 0 Å². The van der Waals surface area contributed by atoms with Crippen molar-refractivity contribution in [2.45, 2.75) is 12.5 Å². The number of hydrogen-bond donors (Lipinski definition) is 2. The van der Waals surface area contributed by atoms with Crippen LogP contribution in [0.1, 0.15) is 6.42 Å². The van der Waals surface area contributed by atoms with Crippen molar-refractivity contribution in [3.05, 3.63) is 29.3 Å². The van der Waals surface area contributed by atoms with Gasteiger partial charge in [0.25, 0.3) is 0 Å². The fraction of sp³-hybridized carbons (Fsp3) is 0.556. The summed E-state index contributed by atoms with van der Waals surface area (Å²) in [6, 6.07) is 7.76. The molecule has 7 nitrogen and oxygen atoms in total. The van der Waals surface area contributed by atoms with Crippen LogP contribution in [0.25, 0.3) is 0 Å². The molecule has 3 rings (SSSR count). The average Bonchev–Trinajstić information content (AvgIpc) is 2.67. The predicted octanol–water partition coefficient (Wildman–Crippen LogP) is 1.33. The van der Waals surface area contributed by atoms with Gasteiger partial charge in [0.2, 0.25) is 11.8 Å². The van der Waals surface area contributed by atoms with E-state index in [-0.39, 0.29) is 49.2 Å². The number of amides is 2. The van der Waals surface area contributed by atoms with E-state index in [1.807, 2.05) is 24.3 Å². The van der Waals surface area contributed by atoms with E-state index in [2.05, 4.69) is 15.5 Å². The highest BCUT2D eigenvalue weighted by atomic mass is 35.5. The number of nitrogens with one attached hydrogen (secondary N) is 2. The van der Waals surface area contributed by atoms with E-state index in [1.165, 1.54) is 0 Å². The van der Waals surface area contributed by atoms with Gasteiger partial charge in [-0.1, -0.05) is 17.7 Å². The number of morpholine rings is 1. The fourth-order valence-electron chi connectivity index (χ4n) is 3.22. The summed E-state index contributed by atoms with van der Waals surface area (Å²) in [6.45, 7) is 4.80. The molecular formula is C18H27Cl3N4O3. The van der Waals surface area contributed by atoms with Crippen LogP contribution < -0.4 is 15.5 Å². The maximum absolute atomic E-state index is 12.3. The Labute approximate surface area is 182 Å². The summed E-state index contributed by atoms with van der Waals surface area (Å²) in [5.74, 6) is -0.170. The van der Waals surface area contributed by atoms with Crippen LogP contribution in [0.5, 0.6) is 0 Å². The molecule has 28 heavy (non-hydrogen) atoms. The molecule has 2 saturated heterocycles. The van der Waals surface area contributed by atoms with Crippen molar-refractivity contribution in [1.29, 1.82) is 0 Å². The quantitative estimate of drug-likeness (QED) is 0.703. The molecule has 1 aromatic carbocycles. The van der Waals surface area contributed by atoms with Crippen molar-refractivity contribution in [3.8, 4) is 0 Å². The minimum absolute atomic E-state index is 0. The van der Waals surface area contributed by atoms with Gasteiger partial charge < -0.3 is 25.2 Å². The first-order valence-electron chi connectivity index (χ1n) is 8.98. The van der Waals surface area contributed by atoms with E-state index >= 15 is 0 Å². The Bertz CT molecular complexity index is 636. The third kappa shape index (κ3) is 7.29. The summed E-state index contributed by atoms with van der Waals surface area (Å²) in [6.07, 6.45) is 0.329. The molecule has 2 aliphatic heterocycles. The lowest BCUT2D eigenvalue weighted by Crippen LogP contribution is -2.51. The minimum atomic E-state index is -0.126. The number of hydrogen-bond acceptors (Lipinski definition) is 5. The topological polar surface area (TPSA) is 73.9 Å². The highest BCUT2D eigenvalue weighted by Gasteiger charge is 2.22. The summed E-state index contributed by atoms with van der Waals surface area (Å²) in [7, 11) is 0. The zero-order chi connectivity index (χ0) is 18.4. The van der Waals surface area contributed by atoms with Crippen LogP contribution in [-0.4, -0.2) is 75.2 Å². The first kappa shape index (κ1) is 24.8. The first-order valence-corrected chi connectivity index (χ1v) is 9.36. The number of halogens is 3. The van der Waals surface area contributed by atoms with E-state index in [4.69, 9.17) is 16.3 Å². The maximum atomic E-state index is 12.3. The lowest BCUT2D eigenvalue weighted by molar-refractivity contribution is -0.133. The first-order chi connectivity index (χ1) is 12.6. The fourth-order valence-corrected chi connectivity index (χ4v) is 3.40. The Morgan fingerprint density at radius 1 is 1.21 bits per heavy atom. The van der Waals surface area contributed by atoms with Crippen molar-refractivity contribution < 1.29 is 14.3 Å². The van der Waals surface area contributed by atoms with E-state index in [0.717, 1.165) is 25.3 Å². The smallest absolute Gasteiger partial charge is 0.242 e. The number of benzene rings is 1. The highest BCUT2D eigenvalue weighted by Crippen LogP contribution is 2.20. The summed E-state index contributed by atoms with van der Waals surface area (Å²) in [5.41, 5.74) is 1.07. The van der Waals surface area contributed by atoms with Gasteiger partial charge in [-0.2, -0.15) is 0 Å². The van der Waals surface area contributed by atoms with Gasteiger partial charge in [0, 0.05) is 55.9 Å². The van der Waals surface area contributed by atoms with Gasteiger partial charge in [-0.05, 0) is 18.2 Å². The van der Waals surface area contributed by atoms with Crippen LogP contribution in [0.3, 0.4) is 0 Å². The molecule has 0 aliphatic carbocycles. The standard InChI is InChI=1S/C18H25ClN4O3.2ClH/c19-14-2-1-3-16(10-14)22-5-7-23(8-6-22)18(25)12-21-17(24)11-15-13-26-9-4-20-15;;/h1-3,10,15,20H,4-9,11-13H2,(H,21,24);2*1H. The van der Waals surface area contributed by atoms with Gasteiger partial charge in [0.1, 0.15) is 0 Å². The Hall–Kier alpha value is -1.25. The number of rotatable bonds is 5. The monoisotopic (exact) mass is 452 g/mol. The second-order valence-electron chi connectivity index (χ2n) is 6.55. The molecule has 2 amide bonds. The molecule has 2 fully saturated rings. The molecule has 0 spiro atoms. The molecule has 0 radical (unpaired) electrons. The average molecular weight is 454 g/mol. The van der Waals surface area contributed by atoms with Crippen molar-refractivity contribution >= 4 is 53.9 Å². The number of carbonyl (C=O) groups excluding carboxylic acids is 2. The summed E-state index contributed by atoms with van der Waals surface area (Å²) >= 11 is 6.04. The molecule has 0 bridgehead atoms. The Balaban J connectivity index is 0.00000196. The Morgan fingerprint density at radius 2 is 1.96 bits per heavy atom. The third-order valence-electron chi connectivity index (χ3n) is 4.67. The van der Waals surface area contributed by atoms with E-state index in [0.29, 0.717) is 37.7 Å². The van der Waals surface area contributed by atoms with Crippen LogP contribution in [0.15, 0.2) is 24.3 Å². The van der Waals surface area contributed by atoms with Crippen molar-refractivity contribution in [2.75, 3.05) is 57.4 Å². The Kier molecular flexibility index (Phi) is 10.9. The van der Waals surface area contributed by atoms with Crippen LogP contribution in [-0.2, 0) is 14.3 Å². The molecule has 158 valence electrons. The molecule has 2 aliphatic rings. The molecule has 0 saturated carbocycles. The zero-order valence-corrected chi connectivity index (χ0v) is 18.0. The van der Waals surface area contributed by atoms with Crippen LogP contribution in [0.2, 0.25) is 5.02 Å². The SMILES string of the molecule is Cl.Cl.O=C(CC1COCCN1)NCC(=O)N1CCN(c2cccc(Cl)c2)CC1. The van der Waals surface area contributed by atoms with Gasteiger partial charge in [-0.25, -0.2) is 0 Å². The van der Waals surface area contributed by atoms with Gasteiger partial charge in [-0.3, -0.25) is 9.59 Å². The number of piperazine rings is 1. The Morgan fingerprint density at radius 3 is 2.61 bits per heavy atom. The van der Waals surface area contributed by atoms with Crippen LogP contribution >= 0.6 is 36.4 Å². The third-order valence-corrected chi connectivity index (χ3v) is 4.91. The van der Waals surface area contributed by atoms with E-state index in [9.17, 15) is 9.59 Å². The summed E-state index contributed by atoms with van der Waals surface area (Å²) in [5, 5.41) is 6.66. The normalized spacial score (nSPS) is 19.2. The maximum Gasteiger partial charge on any atom is 0.242 e. The largest absolute Gasteiger partial charge is 0.378 e. The summed E-state index contributed by atoms with van der Waals surface area (Å²) in [4.78, 5) is 28.3. The molecule has 1 unspecified atom stereocenters. The lowest BCUT2D eigenvalue weighted by atomic mass is 10.2.